The van der Waals surface area contributed by atoms with Gasteiger partial charge in [0, 0.05) is 6.54 Å². The highest BCUT2D eigenvalue weighted by molar-refractivity contribution is 7.89. The monoisotopic (exact) mass is 363 g/mol. The van der Waals surface area contributed by atoms with E-state index in [-0.39, 0.29) is 4.90 Å². The number of nitrogens with zero attached hydrogens (tertiary/aromatic N) is 4. The van der Waals surface area contributed by atoms with E-state index in [1.807, 2.05) is 0 Å². The Kier molecular flexibility index (Phi) is 4.20. The minimum Gasteiger partial charge on any atom is -0.494 e. The van der Waals surface area contributed by atoms with Crippen molar-refractivity contribution in [2.75, 3.05) is 13.7 Å². The third kappa shape index (κ3) is 3.13. The fourth-order valence-electron chi connectivity index (χ4n) is 4.21. The topological polar surface area (TPSA) is 99.0 Å². The molecule has 1 heterocycles. The molecule has 0 saturated heterocycles. The van der Waals surface area contributed by atoms with Gasteiger partial charge in [-0.3, -0.25) is 0 Å². The molecule has 1 aromatic heterocycles. The highest BCUT2D eigenvalue weighted by Gasteiger charge is 2.39. The quantitative estimate of drug-likeness (QED) is 0.832. The van der Waals surface area contributed by atoms with Gasteiger partial charge in [0.2, 0.25) is 10.0 Å². The zero-order valence-corrected chi connectivity index (χ0v) is 14.8. The number of ether oxygens (including phenoxy) is 1. The average Bonchev–Trinajstić information content (AvgIpc) is 3.36. The lowest BCUT2D eigenvalue weighted by atomic mass is 9.89. The minimum absolute atomic E-state index is 0.182. The van der Waals surface area contributed by atoms with Crippen LogP contribution in [0.15, 0.2) is 29.4 Å². The Morgan fingerprint density at radius 3 is 2.84 bits per heavy atom. The van der Waals surface area contributed by atoms with Crippen LogP contribution < -0.4 is 9.46 Å². The Balaban J connectivity index is 1.54. The molecule has 0 unspecified atom stereocenters. The van der Waals surface area contributed by atoms with Crippen molar-refractivity contribution in [1.82, 2.24) is 24.9 Å². The lowest BCUT2D eigenvalue weighted by Crippen LogP contribution is -2.31. The molecule has 2 fully saturated rings. The van der Waals surface area contributed by atoms with Crippen LogP contribution in [-0.2, 0) is 10.0 Å². The number of aromatic nitrogens is 4. The molecule has 134 valence electrons. The summed E-state index contributed by atoms with van der Waals surface area (Å²) in [5.74, 6) is 2.44. The standard InChI is InChI=1S/C16H21N5O3S/c1-24-16-5-4-14(8-15(16)21-10-17-19-20-21)25(22,23)18-9-13-7-11-2-3-12(13)6-11/h4-5,8,10-13,18H,2-3,6-7,9H2,1H3/t11-,12-,13+/m1/s1. The maximum absolute atomic E-state index is 12.7. The van der Waals surface area contributed by atoms with Gasteiger partial charge in [-0.05, 0) is 65.6 Å². The predicted octanol–water partition coefficient (Wildman–Crippen LogP) is 1.39. The van der Waals surface area contributed by atoms with Crippen molar-refractivity contribution >= 4 is 10.0 Å². The molecule has 8 nitrogen and oxygen atoms in total. The van der Waals surface area contributed by atoms with E-state index in [1.54, 1.807) is 6.07 Å². The molecule has 0 spiro atoms. The first kappa shape index (κ1) is 16.5. The van der Waals surface area contributed by atoms with E-state index in [9.17, 15) is 8.42 Å². The van der Waals surface area contributed by atoms with Crippen LogP contribution in [0.1, 0.15) is 25.7 Å². The Hall–Kier alpha value is -2.00. The number of tetrazole rings is 1. The Morgan fingerprint density at radius 1 is 1.32 bits per heavy atom. The largest absolute Gasteiger partial charge is 0.494 e. The number of benzene rings is 1. The zero-order chi connectivity index (χ0) is 17.4. The van der Waals surface area contributed by atoms with E-state index < -0.39 is 10.0 Å². The smallest absolute Gasteiger partial charge is 0.240 e. The number of fused-ring (bicyclic) bond motifs is 2. The Bertz CT molecular complexity index is 853. The van der Waals surface area contributed by atoms with E-state index in [4.69, 9.17) is 4.74 Å². The summed E-state index contributed by atoms with van der Waals surface area (Å²) >= 11 is 0. The second kappa shape index (κ2) is 6.38. The fourth-order valence-corrected chi connectivity index (χ4v) is 5.33. The molecular formula is C16H21N5O3S. The first-order valence-electron chi connectivity index (χ1n) is 8.48. The number of rotatable bonds is 6. The summed E-state index contributed by atoms with van der Waals surface area (Å²) in [6, 6.07) is 4.68. The number of sulfonamides is 1. The van der Waals surface area contributed by atoms with E-state index in [0.717, 1.165) is 12.3 Å². The number of hydrogen-bond acceptors (Lipinski definition) is 6. The van der Waals surface area contributed by atoms with E-state index in [0.29, 0.717) is 29.8 Å². The zero-order valence-electron chi connectivity index (χ0n) is 14.0. The minimum atomic E-state index is -3.59. The van der Waals surface area contributed by atoms with Gasteiger partial charge in [0.05, 0.1) is 12.0 Å². The Morgan fingerprint density at radius 2 is 2.20 bits per heavy atom. The molecule has 2 saturated carbocycles. The first-order chi connectivity index (χ1) is 12.1. The summed E-state index contributed by atoms with van der Waals surface area (Å²) < 4.78 is 34.9. The maximum atomic E-state index is 12.7. The van der Waals surface area contributed by atoms with Crippen LogP contribution in [0.4, 0.5) is 0 Å². The van der Waals surface area contributed by atoms with Crippen LogP contribution in [-0.4, -0.2) is 42.3 Å². The van der Waals surface area contributed by atoms with Gasteiger partial charge in [-0.2, -0.15) is 4.68 Å². The van der Waals surface area contributed by atoms with Crippen LogP contribution in [0, 0.1) is 17.8 Å². The summed E-state index contributed by atoms with van der Waals surface area (Å²) in [6.45, 7) is 0.510. The number of nitrogens with one attached hydrogen (secondary N) is 1. The van der Waals surface area contributed by atoms with Crippen LogP contribution in [0.5, 0.6) is 5.75 Å². The lowest BCUT2D eigenvalue weighted by molar-refractivity contribution is 0.333. The van der Waals surface area contributed by atoms with Crippen molar-refractivity contribution in [1.29, 1.82) is 0 Å². The predicted molar refractivity (Wildman–Crippen MR) is 89.8 cm³/mol. The molecule has 4 rings (SSSR count). The van der Waals surface area contributed by atoms with Crippen molar-refractivity contribution < 1.29 is 13.2 Å². The van der Waals surface area contributed by atoms with Gasteiger partial charge in [0.1, 0.15) is 17.8 Å². The fraction of sp³-hybridized carbons (Fsp3) is 0.562. The molecule has 9 heteroatoms. The van der Waals surface area contributed by atoms with E-state index in [2.05, 4.69) is 20.2 Å². The third-order valence-electron chi connectivity index (χ3n) is 5.48. The third-order valence-corrected chi connectivity index (χ3v) is 6.90. The molecule has 0 amide bonds. The molecule has 3 atom stereocenters. The number of hydrogen-bond donors (Lipinski definition) is 1. The summed E-state index contributed by atoms with van der Waals surface area (Å²) in [6.07, 6.45) is 6.35. The van der Waals surface area contributed by atoms with E-state index in [1.165, 1.54) is 49.5 Å². The molecule has 2 aliphatic rings. The molecule has 1 aromatic carbocycles. The van der Waals surface area contributed by atoms with Crippen LogP contribution in [0.2, 0.25) is 0 Å². The summed E-state index contributed by atoms with van der Waals surface area (Å²) in [5.41, 5.74) is 0.482. The van der Waals surface area contributed by atoms with Crippen LogP contribution >= 0.6 is 0 Å². The first-order valence-corrected chi connectivity index (χ1v) is 9.96. The molecule has 0 aliphatic heterocycles. The van der Waals surface area contributed by atoms with Crippen molar-refractivity contribution in [2.45, 2.75) is 30.6 Å². The highest BCUT2D eigenvalue weighted by Crippen LogP contribution is 2.48. The molecule has 2 aromatic rings. The second-order valence-electron chi connectivity index (χ2n) is 6.87. The van der Waals surface area contributed by atoms with Gasteiger partial charge < -0.3 is 4.74 Å². The van der Waals surface area contributed by atoms with Crippen LogP contribution in [0.25, 0.3) is 5.69 Å². The molecule has 1 N–H and O–H groups in total. The van der Waals surface area contributed by atoms with Gasteiger partial charge in [-0.1, -0.05) is 6.42 Å². The number of methoxy groups -OCH3 is 1. The van der Waals surface area contributed by atoms with Crippen LogP contribution in [0.3, 0.4) is 0 Å². The van der Waals surface area contributed by atoms with Gasteiger partial charge in [-0.15, -0.1) is 5.10 Å². The molecule has 0 radical (unpaired) electrons. The highest BCUT2D eigenvalue weighted by atomic mass is 32.2. The molecule has 2 bridgehead atoms. The van der Waals surface area contributed by atoms with Gasteiger partial charge in [0.25, 0.3) is 0 Å². The molecular weight excluding hydrogens is 342 g/mol. The Labute approximate surface area is 146 Å². The van der Waals surface area contributed by atoms with Gasteiger partial charge >= 0.3 is 0 Å². The van der Waals surface area contributed by atoms with Crippen molar-refractivity contribution in [3.8, 4) is 11.4 Å². The lowest BCUT2D eigenvalue weighted by Gasteiger charge is -2.22. The summed E-state index contributed by atoms with van der Waals surface area (Å²) in [4.78, 5) is 0.182. The summed E-state index contributed by atoms with van der Waals surface area (Å²) in [5, 5.41) is 11.0. The van der Waals surface area contributed by atoms with Crippen molar-refractivity contribution in [2.24, 2.45) is 17.8 Å². The summed E-state index contributed by atoms with van der Waals surface area (Å²) in [7, 11) is -2.07. The van der Waals surface area contributed by atoms with Gasteiger partial charge in [-0.25, -0.2) is 13.1 Å². The van der Waals surface area contributed by atoms with Gasteiger partial charge in [0.15, 0.2) is 0 Å². The molecule has 25 heavy (non-hydrogen) atoms. The second-order valence-corrected chi connectivity index (χ2v) is 8.64. The molecule has 2 aliphatic carbocycles. The van der Waals surface area contributed by atoms with E-state index >= 15 is 0 Å². The van der Waals surface area contributed by atoms with Crippen molar-refractivity contribution in [3.05, 3.63) is 24.5 Å². The van der Waals surface area contributed by atoms with Crippen molar-refractivity contribution in [3.63, 3.8) is 0 Å². The normalized spacial score (nSPS) is 25.4. The average molecular weight is 363 g/mol. The SMILES string of the molecule is COc1ccc(S(=O)(=O)NC[C@@H]2C[C@@H]3CC[C@@H]2C3)cc1-n1cnnn1. The maximum Gasteiger partial charge on any atom is 0.240 e.